The number of hydrogen-bond acceptors (Lipinski definition) is 3. The first kappa shape index (κ1) is 27.2. The molecule has 33 heavy (non-hydrogen) atoms. The van der Waals surface area contributed by atoms with Crippen LogP contribution in [0.25, 0.3) is 10.8 Å². The van der Waals surface area contributed by atoms with Crippen LogP contribution in [-0.2, 0) is 21.8 Å². The van der Waals surface area contributed by atoms with Gasteiger partial charge in [0.2, 0.25) is 0 Å². The van der Waals surface area contributed by atoms with Crippen LogP contribution < -0.4 is 0 Å². The third-order valence-electron chi connectivity index (χ3n) is 5.91. The van der Waals surface area contributed by atoms with Crippen LogP contribution in [0.4, 0.5) is 0 Å². The van der Waals surface area contributed by atoms with Crippen molar-refractivity contribution >= 4 is 25.7 Å². The second kappa shape index (κ2) is 14.2. The first-order valence-electron chi connectivity index (χ1n) is 11.2. The Bertz CT molecular complexity index is 823. The van der Waals surface area contributed by atoms with Crippen molar-refractivity contribution in [2.24, 2.45) is 0 Å². The van der Waals surface area contributed by atoms with E-state index in [0.717, 1.165) is 24.0 Å². The average molecular weight is 548 g/mol. The smallest absolute Gasteiger partial charge is 0.0312 e. The molecular formula is C28H31FeNO2Se+2. The fourth-order valence-corrected chi connectivity index (χ4v) is 6.45. The predicted octanol–water partition coefficient (Wildman–Crippen LogP) is 4.82. The van der Waals surface area contributed by atoms with Crippen LogP contribution in [-0.4, -0.2) is 51.3 Å². The van der Waals surface area contributed by atoms with Gasteiger partial charge in [-0.15, -0.1) is 0 Å². The number of fused-ring (bicyclic) bond motifs is 1. The molecule has 1 unspecified atom stereocenters. The van der Waals surface area contributed by atoms with Gasteiger partial charge in [0, 0.05) is 0 Å². The molecule has 5 heteroatoms. The number of likely N-dealkylation sites (tertiary alicyclic amines) is 1. The fourth-order valence-electron chi connectivity index (χ4n) is 4.27. The Morgan fingerprint density at radius 3 is 2.45 bits per heavy atom. The molecule has 0 bridgehead atoms. The van der Waals surface area contributed by atoms with Gasteiger partial charge in [-0.1, -0.05) is 0 Å². The summed E-state index contributed by atoms with van der Waals surface area (Å²) in [4.78, 5) is 3.90. The molecule has 3 nitrogen and oxygen atoms in total. The van der Waals surface area contributed by atoms with E-state index in [1.54, 1.807) is 7.11 Å². The zero-order valence-electron chi connectivity index (χ0n) is 18.9. The van der Waals surface area contributed by atoms with Crippen molar-refractivity contribution in [2.45, 2.75) is 30.3 Å². The molecule has 2 aliphatic carbocycles. The van der Waals surface area contributed by atoms with E-state index >= 15 is 0 Å². The zero-order chi connectivity index (χ0) is 22.2. The number of rotatable bonds is 7. The normalized spacial score (nSPS) is 22.8. The van der Waals surface area contributed by atoms with Gasteiger partial charge in [0.15, 0.2) is 0 Å². The van der Waals surface area contributed by atoms with E-state index in [2.05, 4.69) is 54.5 Å². The van der Waals surface area contributed by atoms with E-state index in [1.807, 2.05) is 44.2 Å². The molecule has 0 spiro atoms. The third kappa shape index (κ3) is 7.55. The van der Waals surface area contributed by atoms with Crippen LogP contribution >= 0.6 is 0 Å². The number of nitrogens with zero attached hydrogens (tertiary/aromatic N) is 1. The quantitative estimate of drug-likeness (QED) is 0.505. The van der Waals surface area contributed by atoms with E-state index in [-0.39, 0.29) is 32.0 Å². The predicted molar refractivity (Wildman–Crippen MR) is 132 cm³/mol. The zero-order valence-corrected chi connectivity index (χ0v) is 21.7. The van der Waals surface area contributed by atoms with Crippen LogP contribution in [0.2, 0.25) is 5.32 Å². The minimum Gasteiger partial charge on any atom is -0.0312 e. The average Bonchev–Trinajstić information content (AvgIpc) is 3.61. The first-order chi connectivity index (χ1) is 15.8. The molecule has 1 N–H and O–H groups in total. The Labute approximate surface area is 217 Å². The number of methoxy groups -OCH3 is 1. The number of ether oxygens (including phenoxy) is 1. The Hall–Kier alpha value is -0.381. The number of benzene rings is 2. The molecule has 0 aromatic heterocycles. The van der Waals surface area contributed by atoms with Crippen LogP contribution in [0, 0.1) is 62.2 Å². The minimum atomic E-state index is -0.411. The maximum Gasteiger partial charge on any atom is 2.00 e. The van der Waals surface area contributed by atoms with E-state index < -0.39 is 6.10 Å². The summed E-state index contributed by atoms with van der Waals surface area (Å²) in [7, 11) is 1.78. The molecule has 172 valence electrons. The Balaban J connectivity index is 0.000000453. The monoisotopic (exact) mass is 549 g/mol. The molecule has 5 rings (SSSR count). The van der Waals surface area contributed by atoms with E-state index in [9.17, 15) is 5.11 Å². The van der Waals surface area contributed by atoms with Crippen molar-refractivity contribution in [3.05, 3.63) is 110 Å². The topological polar surface area (TPSA) is 32.7 Å². The first-order valence-corrected chi connectivity index (χ1v) is 13.3. The molecule has 3 fully saturated rings. The summed E-state index contributed by atoms with van der Waals surface area (Å²) >= 11 is 0.240. The molecule has 1 heterocycles. The van der Waals surface area contributed by atoms with Crippen LogP contribution in [0.15, 0.2) is 42.5 Å². The van der Waals surface area contributed by atoms with Crippen molar-refractivity contribution in [3.63, 3.8) is 0 Å². The van der Waals surface area contributed by atoms with E-state index in [0.29, 0.717) is 6.04 Å². The number of aliphatic hydroxyl groups is 1. The minimum absolute atomic E-state index is 0. The molecule has 1 aliphatic heterocycles. The summed E-state index contributed by atoms with van der Waals surface area (Å²) in [6.07, 6.45) is 18.6. The van der Waals surface area contributed by atoms with Gasteiger partial charge in [0.05, 0.1) is 0 Å². The SMILES string of the molecule is COC[C@@H]1CCCN1[C]1[CH][CH][CH][C]1[Se]CC(O)c1ccc2ccccc2c1.[CH]1[CH][CH][CH][CH]1.[Fe+2]. The molecule has 0 amide bonds. The summed E-state index contributed by atoms with van der Waals surface area (Å²) in [5.74, 6) is 0. The summed E-state index contributed by atoms with van der Waals surface area (Å²) in [5, 5.41) is 14.0. The van der Waals surface area contributed by atoms with Crippen molar-refractivity contribution < 1.29 is 26.9 Å². The molecule has 3 aliphatic rings. The van der Waals surface area contributed by atoms with Crippen LogP contribution in [0.1, 0.15) is 24.5 Å². The van der Waals surface area contributed by atoms with Crippen LogP contribution in [0.5, 0.6) is 0 Å². The van der Waals surface area contributed by atoms with Crippen molar-refractivity contribution in [1.82, 2.24) is 4.90 Å². The van der Waals surface area contributed by atoms with Gasteiger partial charge < -0.3 is 0 Å². The van der Waals surface area contributed by atoms with Gasteiger partial charge in [-0.25, -0.2) is 0 Å². The van der Waals surface area contributed by atoms with Crippen LogP contribution in [0.3, 0.4) is 0 Å². The summed E-state index contributed by atoms with van der Waals surface area (Å²) in [5.41, 5.74) is 1.02. The Morgan fingerprint density at radius 1 is 1.00 bits per heavy atom. The maximum absolute atomic E-state index is 10.8. The molecular weight excluding hydrogens is 517 g/mol. The third-order valence-corrected chi connectivity index (χ3v) is 8.30. The second-order valence-corrected chi connectivity index (χ2v) is 10.3. The second-order valence-electron chi connectivity index (χ2n) is 8.12. The fraction of sp³-hybridized carbons (Fsp3) is 0.286. The van der Waals surface area contributed by atoms with Gasteiger partial charge in [-0.2, -0.15) is 0 Å². The van der Waals surface area contributed by atoms with Gasteiger partial charge in [0.25, 0.3) is 0 Å². The molecule has 1 saturated heterocycles. The molecule has 10 radical (unpaired) electrons. The molecule has 2 saturated carbocycles. The number of hydrogen-bond donors (Lipinski definition) is 1. The number of aliphatic hydroxyl groups excluding tert-OH is 1. The Morgan fingerprint density at radius 2 is 1.73 bits per heavy atom. The van der Waals surface area contributed by atoms with Crippen molar-refractivity contribution in [3.8, 4) is 0 Å². The largest absolute Gasteiger partial charge is 2.00 e. The molecule has 2 atom stereocenters. The summed E-state index contributed by atoms with van der Waals surface area (Å²) < 4.78 is 5.41. The maximum atomic E-state index is 10.8. The van der Waals surface area contributed by atoms with E-state index in [4.69, 9.17) is 4.74 Å². The van der Waals surface area contributed by atoms with Gasteiger partial charge in [-0.05, 0) is 32.1 Å². The molecule has 2 aromatic carbocycles. The van der Waals surface area contributed by atoms with Gasteiger partial charge in [-0.3, -0.25) is 0 Å². The summed E-state index contributed by atoms with van der Waals surface area (Å²) in [6, 6.07) is 16.4. The van der Waals surface area contributed by atoms with Gasteiger partial charge in [0.1, 0.15) is 0 Å². The standard InChI is InChI=1S/C23H26NO2Se.C5H5.Fe/c1-26-15-20-8-5-13-24(20)21-9-4-10-23(21)27-16-22(25)19-12-11-17-6-2-3-7-18(17)14-19;1-2-4-5-3-1;/h2-4,6-7,9-12,14,20,22,25H,5,8,13,15-16H2,1H3;1-5H;/q;;+2/t20-,22?;;/m0../s1. The Kier molecular flexibility index (Phi) is 11.7. The van der Waals surface area contributed by atoms with Gasteiger partial charge >= 0.3 is 186 Å². The summed E-state index contributed by atoms with van der Waals surface area (Å²) in [6.45, 7) is 1.89. The van der Waals surface area contributed by atoms with Crippen molar-refractivity contribution in [1.29, 1.82) is 0 Å². The van der Waals surface area contributed by atoms with E-state index in [1.165, 1.54) is 34.5 Å². The molecule has 2 aromatic rings. The van der Waals surface area contributed by atoms with Crippen molar-refractivity contribution in [2.75, 3.05) is 20.3 Å².